The highest BCUT2D eigenvalue weighted by atomic mass is 32.2. The molecule has 0 saturated carbocycles. The normalized spacial score (nSPS) is 32.0. The van der Waals surface area contributed by atoms with Crippen molar-refractivity contribution in [2.45, 2.75) is 93.7 Å². The SMILES string of the molecule is COCO[C@H]1OCC[C@@](C(=O)[C@H]2C(C(C)=O)C(=O)O[C@@H]3[C@H]2C=C[C@@H]3CO[Si](C)(C)C(C)(C)C)(S(=O)c2ccccc2)[C@H]1C(C)(C)OC. The van der Waals surface area contributed by atoms with Crippen LogP contribution in [0.3, 0.4) is 0 Å². The van der Waals surface area contributed by atoms with E-state index >= 15 is 9.00 Å². The minimum absolute atomic E-state index is 0.0300. The second kappa shape index (κ2) is 14.4. The number of hydrogen-bond acceptors (Lipinski definition) is 10. The van der Waals surface area contributed by atoms with Crippen LogP contribution in [0.4, 0.5) is 0 Å². The van der Waals surface area contributed by atoms with Gasteiger partial charge in [-0.3, -0.25) is 18.6 Å². The monoisotopic (exact) mass is 692 g/mol. The minimum Gasteiger partial charge on any atom is -0.460 e. The second-order valence-electron chi connectivity index (χ2n) is 14.9. The molecule has 262 valence electrons. The van der Waals surface area contributed by atoms with Crippen LogP contribution >= 0.6 is 0 Å². The number of carbonyl (C=O) groups excluding carboxylic acids is 3. The topological polar surface area (TPSA) is 124 Å². The van der Waals surface area contributed by atoms with Gasteiger partial charge in [0.15, 0.2) is 20.4 Å². The van der Waals surface area contributed by atoms with E-state index < -0.39 is 83.1 Å². The van der Waals surface area contributed by atoms with E-state index in [1.807, 2.05) is 18.2 Å². The summed E-state index contributed by atoms with van der Waals surface area (Å²) in [5.74, 6) is -6.07. The first kappa shape index (κ1) is 37.8. The summed E-state index contributed by atoms with van der Waals surface area (Å²) in [5.41, 5.74) is -1.11. The van der Waals surface area contributed by atoms with Crippen LogP contribution in [0.15, 0.2) is 47.4 Å². The molecule has 2 fully saturated rings. The Morgan fingerprint density at radius 1 is 1.06 bits per heavy atom. The van der Waals surface area contributed by atoms with Gasteiger partial charge in [-0.2, -0.15) is 0 Å². The van der Waals surface area contributed by atoms with Crippen molar-refractivity contribution in [3.63, 3.8) is 0 Å². The maximum absolute atomic E-state index is 15.6. The van der Waals surface area contributed by atoms with Crippen molar-refractivity contribution in [2.75, 3.05) is 34.2 Å². The predicted octanol–water partition coefficient (Wildman–Crippen LogP) is 5.08. The van der Waals surface area contributed by atoms with E-state index in [1.165, 1.54) is 21.1 Å². The third-order valence-corrected chi connectivity index (χ3v) is 17.2. The number of carbonyl (C=O) groups is 3. The molecular formula is C35H52O10SSi. The van der Waals surface area contributed by atoms with E-state index in [4.69, 9.17) is 28.1 Å². The molecule has 1 aliphatic carbocycles. The van der Waals surface area contributed by atoms with E-state index in [2.05, 4.69) is 33.9 Å². The highest BCUT2D eigenvalue weighted by Gasteiger charge is 2.66. The molecule has 2 aliphatic heterocycles. The number of esters is 1. The van der Waals surface area contributed by atoms with Gasteiger partial charge in [0.2, 0.25) is 0 Å². The number of ketones is 2. The van der Waals surface area contributed by atoms with Crippen LogP contribution in [0, 0.1) is 29.6 Å². The summed E-state index contributed by atoms with van der Waals surface area (Å²) in [7, 11) is -1.14. The molecule has 9 atom stereocenters. The van der Waals surface area contributed by atoms with Crippen molar-refractivity contribution in [1.29, 1.82) is 0 Å². The molecule has 2 heterocycles. The lowest BCUT2D eigenvalue weighted by Crippen LogP contribution is -2.68. The number of hydrogen-bond donors (Lipinski definition) is 0. The number of rotatable bonds is 13. The molecule has 0 amide bonds. The van der Waals surface area contributed by atoms with Gasteiger partial charge in [0.1, 0.15) is 29.3 Å². The molecule has 0 spiro atoms. The summed E-state index contributed by atoms with van der Waals surface area (Å²) in [6.07, 6.45) is 2.11. The van der Waals surface area contributed by atoms with E-state index in [0.29, 0.717) is 11.5 Å². The summed E-state index contributed by atoms with van der Waals surface area (Å²) >= 11 is 0. The third kappa shape index (κ3) is 7.15. The Balaban J connectivity index is 1.86. The fourth-order valence-electron chi connectivity index (χ4n) is 6.96. The molecule has 47 heavy (non-hydrogen) atoms. The van der Waals surface area contributed by atoms with Gasteiger partial charge in [-0.05, 0) is 57.5 Å². The Morgan fingerprint density at radius 2 is 1.72 bits per heavy atom. The summed E-state index contributed by atoms with van der Waals surface area (Å²) in [5, 5.41) is -0.0300. The average molecular weight is 693 g/mol. The average Bonchev–Trinajstić information content (AvgIpc) is 3.42. The Hall–Kier alpha value is -2.06. The molecule has 2 saturated heterocycles. The molecule has 3 aliphatic rings. The molecule has 2 unspecified atom stereocenters. The minimum atomic E-state index is -2.15. The summed E-state index contributed by atoms with van der Waals surface area (Å²) < 4.78 is 49.2. The highest BCUT2D eigenvalue weighted by molar-refractivity contribution is 7.87. The molecule has 1 aromatic carbocycles. The first-order valence-corrected chi connectivity index (χ1v) is 20.3. The molecule has 0 bridgehead atoms. The lowest BCUT2D eigenvalue weighted by Gasteiger charge is -2.53. The molecule has 4 rings (SSSR count). The zero-order valence-corrected chi connectivity index (χ0v) is 31.2. The van der Waals surface area contributed by atoms with Gasteiger partial charge in [-0.1, -0.05) is 51.1 Å². The summed E-state index contributed by atoms with van der Waals surface area (Å²) in [6, 6.07) is 8.76. The van der Waals surface area contributed by atoms with Gasteiger partial charge in [-0.15, -0.1) is 0 Å². The van der Waals surface area contributed by atoms with Gasteiger partial charge in [-0.25, -0.2) is 0 Å². The largest absolute Gasteiger partial charge is 0.460 e. The van der Waals surface area contributed by atoms with Gasteiger partial charge in [0, 0.05) is 43.5 Å². The number of benzene rings is 1. The standard InChI is InChI=1S/C35H52O10SSi/c1-22(36)26-27(25-17-16-23(28(25)45-31(26)38)20-44-47(9,10)33(2,3)4)30(37)35(46(39)24-14-12-11-13-15-24)18-19-42-32(43-21-40-7)29(35)34(5,6)41-8/h11-17,23,25-29,32H,18-21H2,1-10H3/t23-,25+,26?,27-,28+,29-,32-,35-,46?/m1/s1. The highest BCUT2D eigenvalue weighted by Crippen LogP contribution is 2.52. The first-order valence-electron chi connectivity index (χ1n) is 16.3. The number of Topliss-reactive ketones (excluding diaryl/α,β-unsaturated/α-hetero) is 2. The third-order valence-electron chi connectivity index (χ3n) is 10.7. The van der Waals surface area contributed by atoms with Crippen LogP contribution in [-0.4, -0.2) is 87.0 Å². The summed E-state index contributed by atoms with van der Waals surface area (Å²) in [4.78, 5) is 43.1. The lowest BCUT2D eigenvalue weighted by molar-refractivity contribution is -0.264. The number of methoxy groups -OCH3 is 2. The fourth-order valence-corrected chi connectivity index (χ4v) is 10.0. The van der Waals surface area contributed by atoms with Crippen molar-refractivity contribution in [3.05, 3.63) is 42.5 Å². The smallest absolute Gasteiger partial charge is 0.317 e. The van der Waals surface area contributed by atoms with E-state index in [9.17, 15) is 9.59 Å². The maximum Gasteiger partial charge on any atom is 0.317 e. The quantitative estimate of drug-likeness (QED) is 0.0909. The lowest BCUT2D eigenvalue weighted by atomic mass is 9.64. The molecule has 1 aromatic rings. The van der Waals surface area contributed by atoms with E-state index in [0.717, 1.165) is 0 Å². The van der Waals surface area contributed by atoms with Crippen LogP contribution in [0.5, 0.6) is 0 Å². The molecule has 0 N–H and O–H groups in total. The summed E-state index contributed by atoms with van der Waals surface area (Å²) in [6.45, 7) is 15.9. The second-order valence-corrected chi connectivity index (χ2v) is 21.4. The van der Waals surface area contributed by atoms with Crippen molar-refractivity contribution in [2.24, 2.45) is 29.6 Å². The Bertz CT molecular complexity index is 1360. The molecule has 0 aromatic heterocycles. The van der Waals surface area contributed by atoms with E-state index in [-0.39, 0.29) is 30.8 Å². The Labute approximate surface area is 282 Å². The zero-order chi connectivity index (χ0) is 34.9. The fraction of sp³-hybridized carbons (Fsp3) is 0.686. The van der Waals surface area contributed by atoms with Gasteiger partial charge >= 0.3 is 5.97 Å². The van der Waals surface area contributed by atoms with Gasteiger partial charge < -0.3 is 28.1 Å². The van der Waals surface area contributed by atoms with Crippen molar-refractivity contribution in [1.82, 2.24) is 0 Å². The van der Waals surface area contributed by atoms with Crippen molar-refractivity contribution in [3.8, 4) is 0 Å². The Kier molecular flexibility index (Phi) is 11.6. The molecular weight excluding hydrogens is 641 g/mol. The van der Waals surface area contributed by atoms with Crippen LogP contribution in [-0.2, 0) is 53.3 Å². The van der Waals surface area contributed by atoms with Crippen LogP contribution in [0.25, 0.3) is 0 Å². The first-order chi connectivity index (χ1) is 21.9. The molecule has 0 radical (unpaired) electrons. The molecule has 12 heteroatoms. The zero-order valence-electron chi connectivity index (χ0n) is 29.4. The van der Waals surface area contributed by atoms with Crippen molar-refractivity contribution < 1.29 is 46.7 Å². The number of ether oxygens (including phenoxy) is 5. The van der Waals surface area contributed by atoms with E-state index in [1.54, 1.807) is 38.1 Å². The van der Waals surface area contributed by atoms with Crippen molar-refractivity contribution >= 4 is 36.7 Å². The molecule has 10 nitrogen and oxygen atoms in total. The van der Waals surface area contributed by atoms with Gasteiger partial charge in [0.05, 0.1) is 28.9 Å². The van der Waals surface area contributed by atoms with Crippen LogP contribution in [0.1, 0.15) is 48.0 Å². The number of fused-ring (bicyclic) bond motifs is 1. The maximum atomic E-state index is 15.6. The Morgan fingerprint density at radius 3 is 2.30 bits per heavy atom. The van der Waals surface area contributed by atoms with Crippen LogP contribution in [0.2, 0.25) is 18.1 Å². The predicted molar refractivity (Wildman–Crippen MR) is 179 cm³/mol. The van der Waals surface area contributed by atoms with Crippen LogP contribution < -0.4 is 0 Å². The van der Waals surface area contributed by atoms with Gasteiger partial charge in [0.25, 0.3) is 0 Å².